The zero-order valence-electron chi connectivity index (χ0n) is 25.8. The van der Waals surface area contributed by atoms with Crippen molar-refractivity contribution in [1.29, 1.82) is 0 Å². The first kappa shape index (κ1) is 28.3. The minimum absolute atomic E-state index is 0.493. The number of aromatic nitrogens is 2. The van der Waals surface area contributed by atoms with Gasteiger partial charge >= 0.3 is 0 Å². The van der Waals surface area contributed by atoms with Crippen molar-refractivity contribution in [3.63, 3.8) is 0 Å². The average molecular weight is 576 g/mol. The van der Waals surface area contributed by atoms with E-state index in [-0.39, 0.29) is 0 Å². The van der Waals surface area contributed by atoms with Crippen LogP contribution in [0.1, 0.15) is 61.8 Å². The van der Waals surface area contributed by atoms with Crippen molar-refractivity contribution in [3.05, 3.63) is 162 Å². The maximum Gasteiger partial charge on any atom is 0.122 e. The van der Waals surface area contributed by atoms with Crippen LogP contribution in [0.3, 0.4) is 0 Å². The Balaban J connectivity index is 1.26. The number of hydrogen-bond donors (Lipinski definition) is 1. The Labute approximate surface area is 261 Å². The summed E-state index contributed by atoms with van der Waals surface area (Å²) in [6.07, 6.45) is 7.16. The minimum Gasteiger partial charge on any atom is -0.312 e. The fraction of sp³-hybridized carbons (Fsp3) is 0.244. The number of nitrogens with one attached hydrogen (secondary N) is 1. The summed E-state index contributed by atoms with van der Waals surface area (Å²) in [5.41, 5.74) is 9.33. The molecule has 1 aliphatic rings. The Bertz CT molecular complexity index is 1730. The van der Waals surface area contributed by atoms with E-state index in [1.807, 2.05) is 6.33 Å². The van der Waals surface area contributed by atoms with Crippen LogP contribution >= 0.6 is 0 Å². The van der Waals surface area contributed by atoms with Crippen molar-refractivity contribution in [2.45, 2.75) is 57.7 Å². The molecule has 3 nitrogen and oxygen atoms in total. The second-order valence-corrected chi connectivity index (χ2v) is 13.1. The normalized spacial score (nSPS) is 15.4. The Morgan fingerprint density at radius 3 is 1.84 bits per heavy atom. The SMILES string of the molecule is CC1(C)CCC(NCc2cccc(-c3ccc4c(c3)ncn4C(c3ccccc3)(c3ccccc3)c3ccccc3)c2)CC1. The quantitative estimate of drug-likeness (QED) is 0.183. The van der Waals surface area contributed by atoms with Crippen molar-refractivity contribution in [3.8, 4) is 11.1 Å². The summed E-state index contributed by atoms with van der Waals surface area (Å²) >= 11 is 0. The van der Waals surface area contributed by atoms with Gasteiger partial charge in [-0.3, -0.25) is 0 Å². The molecule has 0 amide bonds. The Morgan fingerprint density at radius 1 is 0.682 bits per heavy atom. The highest BCUT2D eigenvalue weighted by molar-refractivity contribution is 5.83. The van der Waals surface area contributed by atoms with Crippen LogP contribution in [-0.2, 0) is 12.1 Å². The highest BCUT2D eigenvalue weighted by atomic mass is 15.1. The van der Waals surface area contributed by atoms with Crippen LogP contribution in [0.25, 0.3) is 22.2 Å². The van der Waals surface area contributed by atoms with Gasteiger partial charge in [-0.15, -0.1) is 0 Å². The molecule has 0 bridgehead atoms. The largest absolute Gasteiger partial charge is 0.312 e. The molecule has 0 spiro atoms. The molecule has 1 aromatic heterocycles. The molecule has 6 aromatic rings. The zero-order valence-corrected chi connectivity index (χ0v) is 25.8. The van der Waals surface area contributed by atoms with Crippen LogP contribution in [-0.4, -0.2) is 15.6 Å². The van der Waals surface area contributed by atoms with Crippen LogP contribution in [0.15, 0.2) is 140 Å². The first-order valence-electron chi connectivity index (χ1n) is 16.0. The Morgan fingerprint density at radius 2 is 1.25 bits per heavy atom. The van der Waals surface area contributed by atoms with E-state index in [0.29, 0.717) is 11.5 Å². The van der Waals surface area contributed by atoms with Gasteiger partial charge in [-0.25, -0.2) is 4.98 Å². The molecule has 1 aliphatic carbocycles. The van der Waals surface area contributed by atoms with E-state index in [1.165, 1.54) is 59.1 Å². The van der Waals surface area contributed by atoms with Crippen LogP contribution in [0.2, 0.25) is 0 Å². The van der Waals surface area contributed by atoms with Crippen LogP contribution < -0.4 is 5.32 Å². The van der Waals surface area contributed by atoms with Gasteiger partial charge < -0.3 is 9.88 Å². The molecular weight excluding hydrogens is 534 g/mol. The van der Waals surface area contributed by atoms with E-state index < -0.39 is 5.54 Å². The van der Waals surface area contributed by atoms with Gasteiger partial charge in [-0.05, 0) is 82.7 Å². The van der Waals surface area contributed by atoms with Gasteiger partial charge in [0.2, 0.25) is 0 Å². The molecule has 220 valence electrons. The maximum atomic E-state index is 5.03. The maximum absolute atomic E-state index is 5.03. The lowest BCUT2D eigenvalue weighted by molar-refractivity contribution is 0.206. The van der Waals surface area contributed by atoms with Crippen LogP contribution in [0, 0.1) is 5.41 Å². The standard InChI is InChI=1S/C41H41N3/c1-40(2)25-23-37(24-26-40)42-29-31-13-12-14-32(27-31)33-21-22-39-38(28-33)43-30-44(39)41(34-15-6-3-7-16-34,35-17-8-4-9-18-35)36-19-10-5-11-20-36/h3-22,27-28,30,37,42H,23-26,29H2,1-2H3. The van der Waals surface area contributed by atoms with Gasteiger partial charge in [0.15, 0.2) is 0 Å². The summed E-state index contributed by atoms with van der Waals surface area (Å²) in [7, 11) is 0. The lowest BCUT2D eigenvalue weighted by atomic mass is 9.75. The second-order valence-electron chi connectivity index (χ2n) is 13.1. The first-order valence-corrected chi connectivity index (χ1v) is 16.0. The summed E-state index contributed by atoms with van der Waals surface area (Å²) in [4.78, 5) is 5.03. The molecule has 1 saturated carbocycles. The number of hydrogen-bond acceptors (Lipinski definition) is 2. The van der Waals surface area contributed by atoms with Gasteiger partial charge in [-0.2, -0.15) is 0 Å². The van der Waals surface area contributed by atoms with Gasteiger partial charge in [0.05, 0.1) is 17.4 Å². The molecule has 5 aromatic carbocycles. The lowest BCUT2D eigenvalue weighted by Gasteiger charge is -2.38. The van der Waals surface area contributed by atoms with Gasteiger partial charge in [0.1, 0.15) is 5.54 Å². The van der Waals surface area contributed by atoms with Crippen LogP contribution in [0.4, 0.5) is 0 Å². The van der Waals surface area contributed by atoms with E-state index in [0.717, 1.165) is 17.6 Å². The van der Waals surface area contributed by atoms with E-state index in [2.05, 4.69) is 157 Å². The number of nitrogens with zero attached hydrogens (tertiary/aromatic N) is 2. The second kappa shape index (κ2) is 11.9. The third-order valence-corrected chi connectivity index (χ3v) is 9.68. The van der Waals surface area contributed by atoms with E-state index in [4.69, 9.17) is 4.98 Å². The number of imidazole rings is 1. The van der Waals surface area contributed by atoms with Crippen molar-refractivity contribution >= 4 is 11.0 Å². The molecule has 44 heavy (non-hydrogen) atoms. The molecule has 0 radical (unpaired) electrons. The first-order chi connectivity index (χ1) is 21.5. The molecule has 0 aliphatic heterocycles. The summed E-state index contributed by atoms with van der Waals surface area (Å²) in [5.74, 6) is 0. The number of rotatable bonds is 8. The molecule has 1 N–H and O–H groups in total. The van der Waals surface area contributed by atoms with E-state index in [9.17, 15) is 0 Å². The van der Waals surface area contributed by atoms with Crippen molar-refractivity contribution in [2.24, 2.45) is 5.41 Å². The third kappa shape index (κ3) is 5.37. The Hall–Kier alpha value is -4.47. The molecule has 0 unspecified atom stereocenters. The summed E-state index contributed by atoms with van der Waals surface area (Å²) in [6, 6.07) is 48.7. The lowest BCUT2D eigenvalue weighted by Crippen LogP contribution is -2.37. The molecule has 1 heterocycles. The predicted octanol–water partition coefficient (Wildman–Crippen LogP) is 9.60. The summed E-state index contributed by atoms with van der Waals surface area (Å²) in [6.45, 7) is 5.71. The van der Waals surface area contributed by atoms with E-state index >= 15 is 0 Å². The minimum atomic E-state index is -0.583. The van der Waals surface area contributed by atoms with Crippen molar-refractivity contribution in [2.75, 3.05) is 0 Å². The summed E-state index contributed by atoms with van der Waals surface area (Å²) in [5, 5.41) is 3.83. The molecule has 7 rings (SSSR count). The number of benzene rings is 5. The fourth-order valence-corrected chi connectivity index (χ4v) is 7.14. The topological polar surface area (TPSA) is 29.9 Å². The fourth-order valence-electron chi connectivity index (χ4n) is 7.14. The molecule has 1 fully saturated rings. The number of fused-ring (bicyclic) bond motifs is 1. The molecule has 3 heteroatoms. The highest BCUT2D eigenvalue weighted by Gasteiger charge is 2.39. The Kier molecular flexibility index (Phi) is 7.66. The van der Waals surface area contributed by atoms with Gasteiger partial charge in [0.25, 0.3) is 0 Å². The smallest absolute Gasteiger partial charge is 0.122 e. The third-order valence-electron chi connectivity index (χ3n) is 9.68. The summed E-state index contributed by atoms with van der Waals surface area (Å²) < 4.78 is 2.36. The van der Waals surface area contributed by atoms with Crippen molar-refractivity contribution in [1.82, 2.24) is 14.9 Å². The molecule has 0 saturated heterocycles. The predicted molar refractivity (Wildman–Crippen MR) is 183 cm³/mol. The zero-order chi connectivity index (χ0) is 30.0. The van der Waals surface area contributed by atoms with E-state index in [1.54, 1.807) is 0 Å². The molecule has 0 atom stereocenters. The van der Waals surface area contributed by atoms with Crippen molar-refractivity contribution < 1.29 is 0 Å². The monoisotopic (exact) mass is 575 g/mol. The van der Waals surface area contributed by atoms with Gasteiger partial charge in [-0.1, -0.05) is 129 Å². The highest BCUT2D eigenvalue weighted by Crippen LogP contribution is 2.43. The molecular formula is C41H41N3. The van der Waals surface area contributed by atoms with Crippen LogP contribution in [0.5, 0.6) is 0 Å². The average Bonchev–Trinajstić information content (AvgIpc) is 3.50. The van der Waals surface area contributed by atoms with Gasteiger partial charge in [0, 0.05) is 12.6 Å².